The van der Waals surface area contributed by atoms with Crippen LogP contribution in [0.1, 0.15) is 26.2 Å². The summed E-state index contributed by atoms with van der Waals surface area (Å²) in [5.74, 6) is -0.404. The van der Waals surface area contributed by atoms with E-state index in [-0.39, 0.29) is 6.54 Å². The minimum absolute atomic E-state index is 0.0706. The summed E-state index contributed by atoms with van der Waals surface area (Å²) >= 11 is 0. The maximum atomic E-state index is 11.2. The number of hydrogen-bond donors (Lipinski definition) is 0. The zero-order valence-corrected chi connectivity index (χ0v) is 9.62. The average molecular weight is 217 g/mol. The van der Waals surface area contributed by atoms with E-state index in [4.69, 9.17) is 4.74 Å². The minimum Gasteiger partial charge on any atom is -0.464 e. The third-order valence-corrected chi connectivity index (χ3v) is 1.86. The van der Waals surface area contributed by atoms with Crippen molar-refractivity contribution in [2.75, 3.05) is 27.3 Å². The first-order chi connectivity index (χ1) is 7.11. The standard InChI is InChI=1S/C10H19NO4/c1-4-5-6-7-15-9(12)8-11(2)10(13)14-3/h4-8H2,1-3H3. The lowest BCUT2D eigenvalue weighted by Gasteiger charge is -2.14. The fourth-order valence-electron chi connectivity index (χ4n) is 0.998. The highest BCUT2D eigenvalue weighted by atomic mass is 16.5. The molecule has 0 radical (unpaired) electrons. The Morgan fingerprint density at radius 1 is 1.27 bits per heavy atom. The molecule has 5 nitrogen and oxygen atoms in total. The SMILES string of the molecule is CCCCCOC(=O)CN(C)C(=O)OC. The van der Waals surface area contributed by atoms with Crippen molar-refractivity contribution in [3.8, 4) is 0 Å². The van der Waals surface area contributed by atoms with Crippen LogP contribution in [-0.4, -0.2) is 44.3 Å². The number of amides is 1. The van der Waals surface area contributed by atoms with Crippen molar-refractivity contribution in [3.05, 3.63) is 0 Å². The van der Waals surface area contributed by atoms with Crippen LogP contribution in [0.15, 0.2) is 0 Å². The van der Waals surface area contributed by atoms with E-state index in [1.165, 1.54) is 19.1 Å². The Kier molecular flexibility index (Phi) is 7.40. The predicted octanol–water partition coefficient (Wildman–Crippen LogP) is 1.42. The summed E-state index contributed by atoms with van der Waals surface area (Å²) in [6.45, 7) is 2.42. The Labute approximate surface area is 90.3 Å². The van der Waals surface area contributed by atoms with Crippen LogP contribution in [0.2, 0.25) is 0 Å². The van der Waals surface area contributed by atoms with Gasteiger partial charge in [-0.2, -0.15) is 0 Å². The smallest absolute Gasteiger partial charge is 0.409 e. The topological polar surface area (TPSA) is 55.8 Å². The Balaban J connectivity index is 3.60. The number of methoxy groups -OCH3 is 1. The van der Waals surface area contributed by atoms with Gasteiger partial charge in [-0.1, -0.05) is 19.8 Å². The van der Waals surface area contributed by atoms with E-state index < -0.39 is 12.1 Å². The number of esters is 1. The molecule has 0 aromatic rings. The third kappa shape index (κ3) is 6.76. The molecule has 1 amide bonds. The molecule has 0 saturated heterocycles. The molecule has 0 aromatic heterocycles. The highest BCUT2D eigenvalue weighted by Gasteiger charge is 2.13. The molecule has 0 rings (SSSR count). The molecule has 0 aliphatic heterocycles. The number of hydrogen-bond acceptors (Lipinski definition) is 4. The highest BCUT2D eigenvalue weighted by molar-refractivity contribution is 5.77. The second-order valence-corrected chi connectivity index (χ2v) is 3.25. The maximum absolute atomic E-state index is 11.2. The van der Waals surface area contributed by atoms with Crippen molar-refractivity contribution in [3.63, 3.8) is 0 Å². The van der Waals surface area contributed by atoms with Gasteiger partial charge in [0.05, 0.1) is 13.7 Å². The van der Waals surface area contributed by atoms with Crippen LogP contribution in [0.4, 0.5) is 4.79 Å². The van der Waals surface area contributed by atoms with Crippen LogP contribution < -0.4 is 0 Å². The molecule has 0 aliphatic rings. The third-order valence-electron chi connectivity index (χ3n) is 1.86. The van der Waals surface area contributed by atoms with E-state index in [0.29, 0.717) is 6.61 Å². The van der Waals surface area contributed by atoms with Crippen molar-refractivity contribution in [2.45, 2.75) is 26.2 Å². The van der Waals surface area contributed by atoms with Crippen LogP contribution >= 0.6 is 0 Å². The molecular formula is C10H19NO4. The lowest BCUT2D eigenvalue weighted by molar-refractivity contribution is -0.144. The van der Waals surface area contributed by atoms with Crippen molar-refractivity contribution in [1.82, 2.24) is 4.90 Å². The highest BCUT2D eigenvalue weighted by Crippen LogP contribution is 1.95. The molecule has 0 unspecified atom stereocenters. The molecule has 0 aliphatic carbocycles. The summed E-state index contributed by atoms with van der Waals surface area (Å²) in [6.07, 6.45) is 2.45. The van der Waals surface area contributed by atoms with Gasteiger partial charge in [-0.3, -0.25) is 4.79 Å². The maximum Gasteiger partial charge on any atom is 0.409 e. The number of ether oxygens (including phenoxy) is 2. The van der Waals surface area contributed by atoms with Crippen molar-refractivity contribution < 1.29 is 19.1 Å². The van der Waals surface area contributed by atoms with Gasteiger partial charge in [0.25, 0.3) is 0 Å². The monoisotopic (exact) mass is 217 g/mol. The summed E-state index contributed by atoms with van der Waals surface area (Å²) in [6, 6.07) is 0. The van der Waals surface area contributed by atoms with Gasteiger partial charge in [0.15, 0.2) is 0 Å². The summed E-state index contributed by atoms with van der Waals surface area (Å²) in [5, 5.41) is 0. The molecule has 0 atom stereocenters. The second-order valence-electron chi connectivity index (χ2n) is 3.25. The van der Waals surface area contributed by atoms with E-state index in [1.54, 1.807) is 0 Å². The Bertz CT molecular complexity index is 206. The van der Waals surface area contributed by atoms with Gasteiger partial charge < -0.3 is 14.4 Å². The number of likely N-dealkylation sites (N-methyl/N-ethyl adjacent to an activating group) is 1. The van der Waals surface area contributed by atoms with Crippen LogP contribution in [0.3, 0.4) is 0 Å². The molecule has 0 spiro atoms. The van der Waals surface area contributed by atoms with Gasteiger partial charge in [-0.15, -0.1) is 0 Å². The van der Waals surface area contributed by atoms with Gasteiger partial charge in [0, 0.05) is 7.05 Å². The molecule has 88 valence electrons. The lowest BCUT2D eigenvalue weighted by atomic mass is 10.3. The molecule has 0 fully saturated rings. The summed E-state index contributed by atoms with van der Waals surface area (Å²) < 4.78 is 9.36. The zero-order valence-electron chi connectivity index (χ0n) is 9.62. The van der Waals surface area contributed by atoms with E-state index in [9.17, 15) is 9.59 Å². The van der Waals surface area contributed by atoms with Gasteiger partial charge in [0.1, 0.15) is 6.54 Å². The van der Waals surface area contributed by atoms with Crippen molar-refractivity contribution in [2.24, 2.45) is 0 Å². The first-order valence-electron chi connectivity index (χ1n) is 5.06. The fourth-order valence-corrected chi connectivity index (χ4v) is 0.998. The normalized spacial score (nSPS) is 9.53. The predicted molar refractivity (Wildman–Crippen MR) is 55.5 cm³/mol. The first kappa shape index (κ1) is 13.7. The summed E-state index contributed by atoms with van der Waals surface area (Å²) in [5.41, 5.74) is 0. The number of rotatable bonds is 6. The lowest BCUT2D eigenvalue weighted by Crippen LogP contribution is -2.32. The Hall–Kier alpha value is -1.26. The number of unbranched alkanes of at least 4 members (excludes halogenated alkanes) is 2. The second kappa shape index (κ2) is 8.08. The van der Waals surface area contributed by atoms with E-state index in [0.717, 1.165) is 19.3 Å². The largest absolute Gasteiger partial charge is 0.464 e. The zero-order chi connectivity index (χ0) is 11.7. The van der Waals surface area contributed by atoms with Gasteiger partial charge >= 0.3 is 12.1 Å². The van der Waals surface area contributed by atoms with Gasteiger partial charge in [-0.25, -0.2) is 4.79 Å². The Morgan fingerprint density at radius 3 is 2.47 bits per heavy atom. The molecule has 5 heteroatoms. The fraction of sp³-hybridized carbons (Fsp3) is 0.800. The van der Waals surface area contributed by atoms with Crippen molar-refractivity contribution in [1.29, 1.82) is 0 Å². The number of carbonyl (C=O) groups excluding carboxylic acids is 2. The molecule has 0 aromatic carbocycles. The molecule has 0 bridgehead atoms. The number of carbonyl (C=O) groups is 2. The van der Waals surface area contributed by atoms with E-state index in [1.807, 2.05) is 0 Å². The summed E-state index contributed by atoms with van der Waals surface area (Å²) in [7, 11) is 2.75. The van der Waals surface area contributed by atoms with Crippen LogP contribution in [0, 0.1) is 0 Å². The van der Waals surface area contributed by atoms with Crippen LogP contribution in [0.25, 0.3) is 0 Å². The quantitative estimate of drug-likeness (QED) is 0.498. The molecule has 0 saturated carbocycles. The van der Waals surface area contributed by atoms with Crippen molar-refractivity contribution >= 4 is 12.1 Å². The number of nitrogens with zero attached hydrogens (tertiary/aromatic N) is 1. The molecule has 0 heterocycles. The Morgan fingerprint density at radius 2 is 1.93 bits per heavy atom. The first-order valence-corrected chi connectivity index (χ1v) is 5.06. The molecular weight excluding hydrogens is 198 g/mol. The molecule has 15 heavy (non-hydrogen) atoms. The average Bonchev–Trinajstić information content (AvgIpc) is 2.23. The minimum atomic E-state index is -0.541. The van der Waals surface area contributed by atoms with Gasteiger partial charge in [-0.05, 0) is 6.42 Å². The van der Waals surface area contributed by atoms with Gasteiger partial charge in [0.2, 0.25) is 0 Å². The van der Waals surface area contributed by atoms with Crippen LogP contribution in [-0.2, 0) is 14.3 Å². The summed E-state index contributed by atoms with van der Waals surface area (Å²) in [4.78, 5) is 23.3. The van der Waals surface area contributed by atoms with E-state index in [2.05, 4.69) is 11.7 Å². The van der Waals surface area contributed by atoms with Crippen LogP contribution in [0.5, 0.6) is 0 Å². The molecule has 0 N–H and O–H groups in total. The van der Waals surface area contributed by atoms with E-state index >= 15 is 0 Å².